The Morgan fingerprint density at radius 2 is 1.63 bits per heavy atom. The van der Waals surface area contributed by atoms with Crippen molar-refractivity contribution >= 4 is 79.8 Å². The lowest BCUT2D eigenvalue weighted by atomic mass is 9.86. The van der Waals surface area contributed by atoms with E-state index in [0.29, 0.717) is 82.3 Å². The number of anilines is 3. The van der Waals surface area contributed by atoms with Crippen molar-refractivity contribution in [2.45, 2.75) is 108 Å². The van der Waals surface area contributed by atoms with E-state index < -0.39 is 52.8 Å². The first kappa shape index (κ1) is 56.4. The van der Waals surface area contributed by atoms with Gasteiger partial charge in [-0.05, 0) is 156 Å². The number of amides is 5. The lowest BCUT2D eigenvalue weighted by molar-refractivity contribution is -0.127. The number of aromatic nitrogens is 1. The highest BCUT2D eigenvalue weighted by atomic mass is 35.5. The molecule has 2 bridgehead atoms. The highest BCUT2D eigenvalue weighted by Crippen LogP contribution is 2.44. The van der Waals surface area contributed by atoms with Gasteiger partial charge in [0.05, 0.1) is 29.4 Å². The number of nitrogens with zero attached hydrogens (tertiary/aromatic N) is 4. The second-order valence-corrected chi connectivity index (χ2v) is 24.2. The number of carbonyl (C=O) groups is 5. The van der Waals surface area contributed by atoms with Gasteiger partial charge in [-0.25, -0.2) is 18.2 Å². The summed E-state index contributed by atoms with van der Waals surface area (Å²) in [5.41, 5.74) is 11.3. The molecule has 5 amide bonds. The van der Waals surface area contributed by atoms with Crippen LogP contribution in [0.3, 0.4) is 0 Å². The second kappa shape index (κ2) is 23.4. The van der Waals surface area contributed by atoms with E-state index in [-0.39, 0.29) is 64.5 Å². The third-order valence-corrected chi connectivity index (χ3v) is 18.4. The van der Waals surface area contributed by atoms with E-state index in [9.17, 15) is 28.4 Å². The number of pyridine rings is 1. The molecule has 4 atom stereocenters. The molecular weight excluding hydrogens is 1090 g/mol. The number of nitrogens with one attached hydrogen (secondary N) is 5. The van der Waals surface area contributed by atoms with Crippen molar-refractivity contribution in [2.75, 3.05) is 54.8 Å². The van der Waals surface area contributed by atoms with Crippen LogP contribution in [0.4, 0.5) is 30.2 Å². The normalized spacial score (nSPS) is 19.7. The molecule has 7 N–H and O–H groups in total. The van der Waals surface area contributed by atoms with Crippen molar-refractivity contribution in [3.8, 4) is 11.8 Å². The minimum atomic E-state index is -0.976. The zero-order valence-corrected chi connectivity index (χ0v) is 47.4. The maximum absolute atomic E-state index is 15.3. The quantitative estimate of drug-likeness (QED) is 0.0583. The summed E-state index contributed by atoms with van der Waals surface area (Å²) in [5.74, 6) is 0.243. The number of thiophene rings is 1. The summed E-state index contributed by atoms with van der Waals surface area (Å²) in [4.78, 5) is 78.6. The van der Waals surface area contributed by atoms with Crippen LogP contribution in [-0.2, 0) is 45.7 Å². The molecule has 6 aromatic rings. The summed E-state index contributed by atoms with van der Waals surface area (Å²) >= 11 is 7.53. The van der Waals surface area contributed by atoms with Gasteiger partial charge in [0.2, 0.25) is 11.8 Å². The zero-order chi connectivity index (χ0) is 57.6. The van der Waals surface area contributed by atoms with Crippen LogP contribution in [-0.4, -0.2) is 96.8 Å². The maximum atomic E-state index is 15.3. The number of carbonyl (C=O) groups excluding carboxylic acids is 5. The van der Waals surface area contributed by atoms with Crippen LogP contribution in [0.15, 0.2) is 78.9 Å². The number of nitrogen functional groups attached to an aromatic ring is 1. The Balaban J connectivity index is 0.607. The molecule has 20 heteroatoms. The lowest BCUT2D eigenvalue weighted by Crippen LogP contribution is -2.51. The zero-order valence-electron chi connectivity index (χ0n) is 45.8. The molecule has 426 valence electrons. The Morgan fingerprint density at radius 1 is 0.878 bits per heavy atom. The molecule has 1 aliphatic carbocycles. The minimum absolute atomic E-state index is 0.00510. The molecule has 4 aromatic carbocycles. The fourth-order valence-electron chi connectivity index (χ4n) is 12.2. The Morgan fingerprint density at radius 3 is 2.38 bits per heavy atom. The molecule has 2 aromatic heterocycles. The van der Waals surface area contributed by atoms with Gasteiger partial charge in [0.25, 0.3) is 17.7 Å². The van der Waals surface area contributed by atoms with E-state index in [1.54, 1.807) is 19.9 Å². The fraction of sp³-hybridized carbons (Fsp3) is 0.387. The molecule has 82 heavy (non-hydrogen) atoms. The van der Waals surface area contributed by atoms with Gasteiger partial charge >= 0.3 is 0 Å². The van der Waals surface area contributed by atoms with Crippen LogP contribution in [0.5, 0.6) is 0 Å². The first-order valence-electron chi connectivity index (χ1n) is 28.0. The highest BCUT2D eigenvalue weighted by molar-refractivity contribution is 7.21. The summed E-state index contributed by atoms with van der Waals surface area (Å²) < 4.78 is 45.3. The SMILES string of the molecule is CC(NC(=O)C1CCN(CCNC(=O)C#Cc2cc(F)c(CNC(=O)c3ccc4c(c3)N(Cc3c(F)cccc3Cl)C(=O)C4(C)C)c(F)c2)CC1)c1ccc2c(N)c(C(=O)N[C@H]3CCc4cc(N5C[C@H]6CC[C@@H](C5)N6)ccc4C3)sc2n1. The van der Waals surface area contributed by atoms with Crippen molar-refractivity contribution in [1.29, 1.82) is 0 Å². The molecule has 0 saturated carbocycles. The van der Waals surface area contributed by atoms with Crippen LogP contribution >= 0.6 is 22.9 Å². The van der Waals surface area contributed by atoms with Crippen molar-refractivity contribution in [1.82, 2.24) is 36.5 Å². The molecule has 0 radical (unpaired) electrons. The number of benzene rings is 4. The molecule has 1 unspecified atom stereocenters. The standard InChI is InChI=1S/C62H64ClF3N10O5S/c1-34(52-17-15-44-55(67)56(82-60(44)73-52)59(80)72-40-11-8-38-28-43(14-9-37(38)27-40)75-31-41-12-13-42(32-75)71-41)70-58(79)36-19-22-74(23-20-36)24-21-68-54(77)18-7-35-25-50(65)45(51(66)26-35)30-69-57(78)39-10-16-47-53(29-39)76(61(81)62(47,2)3)33-46-48(63)5-4-6-49(46)64/h4-6,9-10,14-17,25-26,28-29,34,36,40-42,71H,8,11-13,19-24,27,30-33,67H2,1-3H3,(H,68,77)(H,69,78)(H,70,79)(H,72,80)/t34?,40-,41-,42+/m0/s1. The minimum Gasteiger partial charge on any atom is -0.397 e. The number of hydrogen-bond donors (Lipinski definition) is 6. The molecule has 5 aliphatic rings. The van der Waals surface area contributed by atoms with Crippen molar-refractivity contribution < 1.29 is 37.1 Å². The van der Waals surface area contributed by atoms with Gasteiger partial charge in [0, 0.05) is 107 Å². The van der Waals surface area contributed by atoms with Gasteiger partial charge in [-0.3, -0.25) is 24.0 Å². The van der Waals surface area contributed by atoms with Crippen LogP contribution in [0.2, 0.25) is 5.02 Å². The van der Waals surface area contributed by atoms with Gasteiger partial charge in [0.15, 0.2) is 0 Å². The topological polar surface area (TPSA) is 194 Å². The maximum Gasteiger partial charge on any atom is 0.296 e. The average molecular weight is 1150 g/mol. The smallest absolute Gasteiger partial charge is 0.296 e. The first-order valence-corrected chi connectivity index (χ1v) is 29.2. The summed E-state index contributed by atoms with van der Waals surface area (Å²) in [6.07, 6.45) is 6.23. The molecule has 3 saturated heterocycles. The number of hydrogen-bond acceptors (Lipinski definition) is 11. The van der Waals surface area contributed by atoms with Crippen molar-refractivity contribution in [3.63, 3.8) is 0 Å². The van der Waals surface area contributed by atoms with Gasteiger partial charge in [-0.2, -0.15) is 0 Å². The number of piperazine rings is 1. The molecular formula is C62H64ClF3N10O5S. The Hall–Kier alpha value is -7.50. The summed E-state index contributed by atoms with van der Waals surface area (Å²) in [7, 11) is 0. The number of likely N-dealkylation sites (tertiary alicyclic amines) is 1. The predicted octanol–water partition coefficient (Wildman–Crippen LogP) is 7.99. The van der Waals surface area contributed by atoms with Crippen molar-refractivity contribution in [3.05, 3.63) is 151 Å². The van der Waals surface area contributed by atoms with E-state index >= 15 is 8.78 Å². The van der Waals surface area contributed by atoms with Gasteiger partial charge in [-0.1, -0.05) is 35.7 Å². The average Bonchev–Trinajstić information content (AvgIpc) is 4.23. The molecule has 15 nitrogen and oxygen atoms in total. The number of halogens is 4. The van der Waals surface area contributed by atoms with Gasteiger partial charge in [-0.15, -0.1) is 11.3 Å². The van der Waals surface area contributed by atoms with Crippen LogP contribution < -0.4 is 42.1 Å². The third-order valence-electron chi connectivity index (χ3n) is 16.9. The molecule has 3 fully saturated rings. The number of aryl methyl sites for hydroxylation is 1. The highest BCUT2D eigenvalue weighted by Gasteiger charge is 2.44. The van der Waals surface area contributed by atoms with Gasteiger partial charge in [0.1, 0.15) is 27.2 Å². The predicted molar refractivity (Wildman–Crippen MR) is 311 cm³/mol. The summed E-state index contributed by atoms with van der Waals surface area (Å²) in [6, 6.07) is 22.1. The largest absolute Gasteiger partial charge is 0.397 e. The number of nitrogens with two attached hydrogens (primary N) is 1. The fourth-order valence-corrected chi connectivity index (χ4v) is 13.4. The van der Waals surface area contributed by atoms with Crippen LogP contribution in [0, 0.1) is 35.2 Å². The number of piperidine rings is 1. The molecule has 11 rings (SSSR count). The van der Waals surface area contributed by atoms with Crippen LogP contribution in [0.25, 0.3) is 10.2 Å². The second-order valence-electron chi connectivity index (χ2n) is 22.7. The Kier molecular flexibility index (Phi) is 16.1. The summed E-state index contributed by atoms with van der Waals surface area (Å²) in [6.45, 7) is 8.78. The first-order chi connectivity index (χ1) is 39.4. The van der Waals surface area contributed by atoms with E-state index in [4.69, 9.17) is 22.3 Å². The molecule has 4 aliphatic heterocycles. The number of fused-ring (bicyclic) bond motifs is 5. The van der Waals surface area contributed by atoms with E-state index in [1.807, 2.05) is 19.1 Å². The molecule has 6 heterocycles. The van der Waals surface area contributed by atoms with Gasteiger partial charge < -0.3 is 47.0 Å². The Bertz CT molecular complexity index is 3560. The van der Waals surface area contributed by atoms with E-state index in [2.05, 4.69) is 66.4 Å². The van der Waals surface area contributed by atoms with E-state index in [0.717, 1.165) is 44.5 Å². The summed E-state index contributed by atoms with van der Waals surface area (Å²) in [5, 5.41) is 16.2. The lowest BCUT2D eigenvalue weighted by Gasteiger charge is -2.35. The monoisotopic (exact) mass is 1150 g/mol. The number of rotatable bonds is 14. The molecule has 0 spiro atoms. The van der Waals surface area contributed by atoms with E-state index in [1.165, 1.54) is 76.2 Å². The van der Waals surface area contributed by atoms with Crippen LogP contribution in [0.1, 0.15) is 118 Å². The Labute approximate surface area is 482 Å². The third kappa shape index (κ3) is 11.8. The van der Waals surface area contributed by atoms with Crippen molar-refractivity contribution in [2.24, 2.45) is 5.92 Å².